The Morgan fingerprint density at radius 1 is 1.08 bits per heavy atom. The molecular formula is C26H38N6O4. The Morgan fingerprint density at radius 3 is 2.69 bits per heavy atom. The summed E-state index contributed by atoms with van der Waals surface area (Å²) < 4.78 is 12.9. The number of imidazole rings is 1. The summed E-state index contributed by atoms with van der Waals surface area (Å²) >= 11 is 0. The fourth-order valence-corrected chi connectivity index (χ4v) is 5.83. The van der Waals surface area contributed by atoms with Crippen molar-refractivity contribution in [3.63, 3.8) is 0 Å². The molecule has 0 radical (unpaired) electrons. The summed E-state index contributed by atoms with van der Waals surface area (Å²) in [5.41, 5.74) is 8.54. The van der Waals surface area contributed by atoms with Crippen molar-refractivity contribution in [1.82, 2.24) is 24.3 Å². The first kappa shape index (κ1) is 25.0. The largest absolute Gasteiger partial charge is 0.385 e. The lowest BCUT2D eigenvalue weighted by atomic mass is 9.94. The van der Waals surface area contributed by atoms with E-state index in [4.69, 9.17) is 20.2 Å². The molecule has 2 aromatic rings. The number of nitrogens with two attached hydrogens (primary N) is 1. The molecule has 3 aliphatic rings. The number of aryl methyl sites for hydroxylation is 1. The minimum atomic E-state index is -0.366. The number of rotatable bonds is 6. The predicted octanol–water partition coefficient (Wildman–Crippen LogP) is 1.49. The van der Waals surface area contributed by atoms with E-state index in [-0.39, 0.29) is 29.8 Å². The molecule has 1 aromatic carbocycles. The number of urea groups is 1. The van der Waals surface area contributed by atoms with Gasteiger partial charge in [0.2, 0.25) is 5.91 Å². The molecule has 0 saturated carbocycles. The van der Waals surface area contributed by atoms with Gasteiger partial charge in [-0.2, -0.15) is 0 Å². The Hall–Kier alpha value is -2.69. The maximum absolute atomic E-state index is 13.6. The Morgan fingerprint density at radius 2 is 1.89 bits per heavy atom. The van der Waals surface area contributed by atoms with Gasteiger partial charge in [0.05, 0.1) is 30.2 Å². The molecule has 3 fully saturated rings. The van der Waals surface area contributed by atoms with Gasteiger partial charge in [0.15, 0.2) is 0 Å². The van der Waals surface area contributed by atoms with Gasteiger partial charge >= 0.3 is 6.03 Å². The maximum Gasteiger partial charge on any atom is 0.320 e. The molecule has 0 bridgehead atoms. The number of morpholine rings is 1. The molecule has 1 unspecified atom stereocenters. The van der Waals surface area contributed by atoms with Crippen LogP contribution in [0.2, 0.25) is 0 Å². The number of ether oxygens (including phenoxy) is 2. The predicted molar refractivity (Wildman–Crippen MR) is 136 cm³/mol. The number of nitrogens with zero attached hydrogens (tertiary/aromatic N) is 5. The third-order valence-corrected chi connectivity index (χ3v) is 7.75. The van der Waals surface area contributed by atoms with Gasteiger partial charge in [-0.25, -0.2) is 9.78 Å². The molecule has 5 rings (SSSR count). The highest BCUT2D eigenvalue weighted by Gasteiger charge is 2.42. The van der Waals surface area contributed by atoms with Gasteiger partial charge in [0, 0.05) is 71.5 Å². The summed E-state index contributed by atoms with van der Waals surface area (Å²) in [6, 6.07) is 7.84. The summed E-state index contributed by atoms with van der Waals surface area (Å²) in [5.74, 6) is 0.909. The van der Waals surface area contributed by atoms with Gasteiger partial charge in [-0.3, -0.25) is 4.79 Å². The van der Waals surface area contributed by atoms with E-state index in [2.05, 4.69) is 16.7 Å². The Balaban J connectivity index is 1.28. The number of piperidine rings is 1. The van der Waals surface area contributed by atoms with Gasteiger partial charge in [-0.15, -0.1) is 0 Å². The zero-order chi connectivity index (χ0) is 25.1. The van der Waals surface area contributed by atoms with E-state index in [1.54, 1.807) is 16.9 Å². The number of hydrogen-bond acceptors (Lipinski definition) is 6. The van der Waals surface area contributed by atoms with Crippen molar-refractivity contribution < 1.29 is 19.1 Å². The first-order chi connectivity index (χ1) is 17.6. The number of aromatic nitrogens is 2. The molecule has 2 N–H and O–H groups in total. The van der Waals surface area contributed by atoms with Gasteiger partial charge in [-0.1, -0.05) is 12.1 Å². The van der Waals surface area contributed by atoms with Crippen LogP contribution in [0.1, 0.15) is 31.0 Å². The average molecular weight is 499 g/mol. The van der Waals surface area contributed by atoms with E-state index in [9.17, 15) is 9.59 Å². The number of likely N-dealkylation sites (tertiary alicyclic amines) is 2. The Labute approximate surface area is 212 Å². The fraction of sp³-hybridized carbons (Fsp3) is 0.654. The van der Waals surface area contributed by atoms with Crippen LogP contribution in [0.4, 0.5) is 4.79 Å². The maximum atomic E-state index is 13.6. The molecule has 3 aliphatic heterocycles. The molecule has 4 heterocycles. The summed E-state index contributed by atoms with van der Waals surface area (Å²) in [6.45, 7) is 5.96. The van der Waals surface area contributed by atoms with Crippen LogP contribution in [0.5, 0.6) is 0 Å². The number of carbonyl (C=O) groups is 2. The van der Waals surface area contributed by atoms with Crippen LogP contribution in [-0.2, 0) is 20.8 Å². The molecular weight excluding hydrogens is 460 g/mol. The molecule has 10 heteroatoms. The molecule has 3 saturated heterocycles. The average Bonchev–Trinajstić information content (AvgIpc) is 3.49. The summed E-state index contributed by atoms with van der Waals surface area (Å²) in [4.78, 5) is 37.1. The normalized spacial score (nSPS) is 25.1. The molecule has 0 spiro atoms. The topological polar surface area (TPSA) is 106 Å². The SMILES string of the molecule is COCCCn1c(C2CCCN(C(=O)[C@@H]3CN(C(=O)N4CCOCC4)C[C@H]3N)C2)nc2ccccc21. The fourth-order valence-electron chi connectivity index (χ4n) is 5.83. The van der Waals surface area contributed by atoms with Gasteiger partial charge in [0.1, 0.15) is 5.82 Å². The van der Waals surface area contributed by atoms with Gasteiger partial charge in [0.25, 0.3) is 0 Å². The number of fused-ring (bicyclic) bond motifs is 1. The number of carbonyl (C=O) groups excluding carboxylic acids is 2. The van der Waals surface area contributed by atoms with E-state index in [0.29, 0.717) is 52.5 Å². The second-order valence-electron chi connectivity index (χ2n) is 10.1. The molecule has 196 valence electrons. The van der Waals surface area contributed by atoms with E-state index in [0.717, 1.165) is 49.2 Å². The van der Waals surface area contributed by atoms with Crippen LogP contribution in [0, 0.1) is 5.92 Å². The lowest BCUT2D eigenvalue weighted by molar-refractivity contribution is -0.136. The number of methoxy groups -OCH3 is 1. The van der Waals surface area contributed by atoms with Crippen LogP contribution >= 0.6 is 0 Å². The van der Waals surface area contributed by atoms with Crippen molar-refractivity contribution in [3.05, 3.63) is 30.1 Å². The Kier molecular flexibility index (Phi) is 7.73. The van der Waals surface area contributed by atoms with E-state index in [1.165, 1.54) is 0 Å². The lowest BCUT2D eigenvalue weighted by Gasteiger charge is -2.35. The third-order valence-electron chi connectivity index (χ3n) is 7.75. The van der Waals surface area contributed by atoms with Crippen LogP contribution in [0.15, 0.2) is 24.3 Å². The second kappa shape index (κ2) is 11.1. The van der Waals surface area contributed by atoms with Crippen molar-refractivity contribution in [2.24, 2.45) is 11.7 Å². The Bertz CT molecular complexity index is 1070. The molecule has 3 atom stereocenters. The summed E-state index contributed by atoms with van der Waals surface area (Å²) in [6.07, 6.45) is 2.83. The molecule has 10 nitrogen and oxygen atoms in total. The van der Waals surface area contributed by atoms with Crippen LogP contribution in [0.25, 0.3) is 11.0 Å². The van der Waals surface area contributed by atoms with E-state index >= 15 is 0 Å². The zero-order valence-corrected chi connectivity index (χ0v) is 21.2. The van der Waals surface area contributed by atoms with E-state index < -0.39 is 0 Å². The second-order valence-corrected chi connectivity index (χ2v) is 10.1. The highest BCUT2D eigenvalue weighted by molar-refractivity contribution is 5.83. The lowest BCUT2D eigenvalue weighted by Crippen LogP contribution is -2.48. The zero-order valence-electron chi connectivity index (χ0n) is 21.2. The van der Waals surface area contributed by atoms with Gasteiger partial charge in [-0.05, 0) is 31.4 Å². The summed E-state index contributed by atoms with van der Waals surface area (Å²) in [5, 5.41) is 0. The number of para-hydroxylation sites is 2. The monoisotopic (exact) mass is 498 g/mol. The molecule has 0 aliphatic carbocycles. The van der Waals surface area contributed by atoms with Crippen molar-refractivity contribution in [1.29, 1.82) is 0 Å². The van der Waals surface area contributed by atoms with Crippen LogP contribution in [-0.4, -0.2) is 108 Å². The molecule has 1 aromatic heterocycles. The quantitative estimate of drug-likeness (QED) is 0.605. The molecule has 3 amide bonds. The van der Waals surface area contributed by atoms with Crippen LogP contribution < -0.4 is 5.73 Å². The number of hydrogen-bond donors (Lipinski definition) is 1. The minimum absolute atomic E-state index is 0.0367. The third kappa shape index (κ3) is 5.07. The van der Waals surface area contributed by atoms with Crippen molar-refractivity contribution >= 4 is 23.0 Å². The van der Waals surface area contributed by atoms with Crippen molar-refractivity contribution in [3.8, 4) is 0 Å². The highest BCUT2D eigenvalue weighted by Crippen LogP contribution is 2.31. The summed E-state index contributed by atoms with van der Waals surface area (Å²) in [7, 11) is 1.72. The minimum Gasteiger partial charge on any atom is -0.385 e. The molecule has 36 heavy (non-hydrogen) atoms. The first-order valence-electron chi connectivity index (χ1n) is 13.2. The van der Waals surface area contributed by atoms with Crippen LogP contribution in [0.3, 0.4) is 0 Å². The van der Waals surface area contributed by atoms with Crippen molar-refractivity contribution in [2.75, 3.05) is 66.2 Å². The number of amides is 3. The van der Waals surface area contributed by atoms with Crippen molar-refractivity contribution in [2.45, 2.75) is 37.8 Å². The first-order valence-corrected chi connectivity index (χ1v) is 13.2. The van der Waals surface area contributed by atoms with Gasteiger partial charge < -0.3 is 34.5 Å². The highest BCUT2D eigenvalue weighted by atomic mass is 16.5. The smallest absolute Gasteiger partial charge is 0.320 e. The standard InChI is InChI=1S/C26H38N6O4/c1-35-13-5-10-32-23-8-3-2-7-22(23)28-24(32)19-6-4-9-30(16-19)25(33)20-17-31(18-21(20)27)26(34)29-11-14-36-15-12-29/h2-3,7-8,19-21H,4-6,9-18,27H2,1H3/t19?,20-,21-/m1/s1. The van der Waals surface area contributed by atoms with E-state index in [1.807, 2.05) is 17.0 Å². The number of benzene rings is 1.